The van der Waals surface area contributed by atoms with Gasteiger partial charge in [-0.15, -0.1) is 10.2 Å². The van der Waals surface area contributed by atoms with Crippen LogP contribution in [0.2, 0.25) is 0 Å². The zero-order chi connectivity index (χ0) is 20.2. The van der Waals surface area contributed by atoms with Crippen molar-refractivity contribution in [1.82, 2.24) is 29.5 Å². The van der Waals surface area contributed by atoms with Gasteiger partial charge in [0.1, 0.15) is 19.2 Å². The molecule has 0 fully saturated rings. The van der Waals surface area contributed by atoms with Crippen LogP contribution in [-0.4, -0.2) is 41.1 Å². The molecule has 3 aromatic heterocycles. The molecule has 9 heteroatoms. The lowest BCUT2D eigenvalue weighted by atomic mass is 10.2. The summed E-state index contributed by atoms with van der Waals surface area (Å²) in [7, 11) is 0. The summed E-state index contributed by atoms with van der Waals surface area (Å²) in [6.07, 6.45) is 3.02. The molecule has 3 heterocycles. The maximum absolute atomic E-state index is 12.8. The highest BCUT2D eigenvalue weighted by molar-refractivity contribution is 7.99. The first-order chi connectivity index (χ1) is 14.1. The summed E-state index contributed by atoms with van der Waals surface area (Å²) in [6.45, 7) is 5.10. The van der Waals surface area contributed by atoms with E-state index in [4.69, 9.17) is 4.42 Å². The lowest BCUT2D eigenvalue weighted by Crippen LogP contribution is -2.07. The summed E-state index contributed by atoms with van der Waals surface area (Å²) in [6, 6.07) is 12.2. The number of thioether (sulfide) groups is 1. The normalized spacial score (nSPS) is 11.1. The average molecular weight is 408 g/mol. The maximum Gasteiger partial charge on any atom is 0.277 e. The standard InChI is InChI=1S/C20H20N6O2S/c1-14-8-17(15(2)26(14)9-16-6-4-3-5-7-16)18(27)11-29-20-24-23-19(28-20)10-25-13-21-12-22-25/h3-8,12-13H,9-11H2,1-2H3. The van der Waals surface area contributed by atoms with Crippen molar-refractivity contribution in [3.8, 4) is 0 Å². The number of ketones is 1. The van der Waals surface area contributed by atoms with Crippen LogP contribution in [0.4, 0.5) is 0 Å². The highest BCUT2D eigenvalue weighted by Gasteiger charge is 2.17. The molecule has 0 aliphatic carbocycles. The van der Waals surface area contributed by atoms with Crippen molar-refractivity contribution in [2.24, 2.45) is 0 Å². The van der Waals surface area contributed by atoms with Crippen LogP contribution >= 0.6 is 11.8 Å². The van der Waals surface area contributed by atoms with Gasteiger partial charge < -0.3 is 8.98 Å². The molecule has 0 radical (unpaired) electrons. The van der Waals surface area contributed by atoms with Gasteiger partial charge in [-0.05, 0) is 25.5 Å². The number of aromatic nitrogens is 6. The molecule has 4 rings (SSSR count). The van der Waals surface area contributed by atoms with Crippen LogP contribution in [0.15, 0.2) is 58.7 Å². The predicted octanol–water partition coefficient (Wildman–Crippen LogP) is 3.15. The SMILES string of the molecule is Cc1cc(C(=O)CSc2nnc(Cn3cncn3)o2)c(C)n1Cc1ccccc1. The van der Waals surface area contributed by atoms with E-state index in [0.717, 1.165) is 23.5 Å². The van der Waals surface area contributed by atoms with E-state index < -0.39 is 0 Å². The minimum Gasteiger partial charge on any atom is -0.414 e. The van der Waals surface area contributed by atoms with Crippen LogP contribution in [0, 0.1) is 13.8 Å². The molecule has 0 unspecified atom stereocenters. The van der Waals surface area contributed by atoms with Crippen molar-refractivity contribution in [2.75, 3.05) is 5.75 Å². The summed E-state index contributed by atoms with van der Waals surface area (Å²) in [5.74, 6) is 0.700. The number of hydrogen-bond donors (Lipinski definition) is 0. The van der Waals surface area contributed by atoms with Crippen LogP contribution in [-0.2, 0) is 13.1 Å². The van der Waals surface area contributed by atoms with Crippen molar-refractivity contribution < 1.29 is 9.21 Å². The molecule has 0 aliphatic heterocycles. The summed E-state index contributed by atoms with van der Waals surface area (Å²) in [5, 5.41) is 12.3. The first kappa shape index (κ1) is 19.1. The van der Waals surface area contributed by atoms with Gasteiger partial charge in [-0.25, -0.2) is 9.67 Å². The zero-order valence-electron chi connectivity index (χ0n) is 16.1. The second kappa shape index (κ2) is 8.44. The van der Waals surface area contributed by atoms with Crippen molar-refractivity contribution in [3.63, 3.8) is 0 Å². The molecule has 148 valence electrons. The number of hydrogen-bond acceptors (Lipinski definition) is 7. The van der Waals surface area contributed by atoms with Crippen molar-refractivity contribution in [2.45, 2.75) is 32.2 Å². The maximum atomic E-state index is 12.8. The molecule has 4 aromatic rings. The van der Waals surface area contributed by atoms with Crippen LogP contribution in [0.1, 0.15) is 33.2 Å². The van der Waals surface area contributed by atoms with Crippen LogP contribution < -0.4 is 0 Å². The van der Waals surface area contributed by atoms with E-state index in [1.165, 1.54) is 23.7 Å². The van der Waals surface area contributed by atoms with E-state index in [2.05, 4.69) is 37.0 Å². The largest absolute Gasteiger partial charge is 0.414 e. The van der Waals surface area contributed by atoms with Gasteiger partial charge >= 0.3 is 0 Å². The first-order valence-electron chi connectivity index (χ1n) is 9.11. The van der Waals surface area contributed by atoms with Gasteiger partial charge in [0.25, 0.3) is 5.22 Å². The molecule has 0 saturated carbocycles. The van der Waals surface area contributed by atoms with Gasteiger partial charge in [0.2, 0.25) is 5.89 Å². The zero-order valence-corrected chi connectivity index (χ0v) is 17.0. The monoisotopic (exact) mass is 408 g/mol. The Hall–Kier alpha value is -3.20. The van der Waals surface area contributed by atoms with Gasteiger partial charge in [0.15, 0.2) is 5.78 Å². The summed E-state index contributed by atoms with van der Waals surface area (Å²) >= 11 is 1.24. The molecular weight excluding hydrogens is 388 g/mol. The molecule has 0 spiro atoms. The highest BCUT2D eigenvalue weighted by Crippen LogP contribution is 2.22. The molecule has 29 heavy (non-hydrogen) atoms. The van der Waals surface area contributed by atoms with Gasteiger partial charge in [-0.2, -0.15) is 5.10 Å². The minimum atomic E-state index is 0.0402. The number of Topliss-reactive ketones (excluding diaryl/α,β-unsaturated/α-hetero) is 1. The molecular formula is C20H20N6O2S. The van der Waals surface area contributed by atoms with Crippen molar-refractivity contribution >= 4 is 17.5 Å². The Labute approximate surface area is 172 Å². The fourth-order valence-electron chi connectivity index (χ4n) is 3.11. The second-order valence-corrected chi connectivity index (χ2v) is 7.55. The molecule has 0 atom stereocenters. The Balaban J connectivity index is 1.40. The van der Waals surface area contributed by atoms with Crippen molar-refractivity contribution in [3.05, 3.63) is 77.5 Å². The number of carbonyl (C=O) groups is 1. The van der Waals surface area contributed by atoms with E-state index in [1.807, 2.05) is 38.1 Å². The van der Waals surface area contributed by atoms with Crippen LogP contribution in [0.3, 0.4) is 0 Å². The van der Waals surface area contributed by atoms with E-state index in [0.29, 0.717) is 17.7 Å². The summed E-state index contributed by atoms with van der Waals surface area (Å²) in [5.41, 5.74) is 3.96. The third kappa shape index (κ3) is 4.45. The molecule has 0 bridgehead atoms. The second-order valence-electron chi connectivity index (χ2n) is 6.62. The van der Waals surface area contributed by atoms with E-state index in [1.54, 1.807) is 11.0 Å². The van der Waals surface area contributed by atoms with Gasteiger partial charge in [-0.3, -0.25) is 4.79 Å². The molecule has 0 N–H and O–H groups in total. The Kier molecular flexibility index (Phi) is 5.57. The number of aryl methyl sites for hydroxylation is 1. The lowest BCUT2D eigenvalue weighted by Gasteiger charge is -2.09. The Morgan fingerprint density at radius 1 is 1.14 bits per heavy atom. The Morgan fingerprint density at radius 3 is 2.72 bits per heavy atom. The highest BCUT2D eigenvalue weighted by atomic mass is 32.2. The minimum absolute atomic E-state index is 0.0402. The van der Waals surface area contributed by atoms with Gasteiger partial charge in [0.05, 0.1) is 5.75 Å². The Morgan fingerprint density at radius 2 is 1.97 bits per heavy atom. The lowest BCUT2D eigenvalue weighted by molar-refractivity contribution is 0.102. The number of carbonyl (C=O) groups excluding carboxylic acids is 1. The van der Waals surface area contributed by atoms with Gasteiger partial charge in [-0.1, -0.05) is 42.1 Å². The van der Waals surface area contributed by atoms with Crippen LogP contribution in [0.25, 0.3) is 0 Å². The third-order valence-corrected chi connectivity index (χ3v) is 5.41. The molecule has 0 saturated heterocycles. The average Bonchev–Trinajstić information content (AvgIpc) is 3.46. The topological polar surface area (TPSA) is 91.6 Å². The van der Waals surface area contributed by atoms with Crippen molar-refractivity contribution in [1.29, 1.82) is 0 Å². The number of nitrogens with zero attached hydrogens (tertiary/aromatic N) is 6. The third-order valence-electron chi connectivity index (χ3n) is 4.60. The molecule has 0 amide bonds. The molecule has 8 nitrogen and oxygen atoms in total. The smallest absolute Gasteiger partial charge is 0.277 e. The van der Waals surface area contributed by atoms with E-state index >= 15 is 0 Å². The summed E-state index contributed by atoms with van der Waals surface area (Å²) < 4.78 is 9.33. The van der Waals surface area contributed by atoms with E-state index in [9.17, 15) is 4.79 Å². The first-order valence-corrected chi connectivity index (χ1v) is 10.1. The fraction of sp³-hybridized carbons (Fsp3) is 0.250. The van der Waals surface area contributed by atoms with E-state index in [-0.39, 0.29) is 11.5 Å². The molecule has 0 aliphatic rings. The van der Waals surface area contributed by atoms with Gasteiger partial charge in [0, 0.05) is 23.5 Å². The summed E-state index contributed by atoms with van der Waals surface area (Å²) in [4.78, 5) is 16.6. The molecule has 1 aromatic carbocycles. The quantitative estimate of drug-likeness (QED) is 0.327. The number of rotatable bonds is 8. The van der Waals surface area contributed by atoms with Crippen LogP contribution in [0.5, 0.6) is 0 Å². The number of benzene rings is 1. The fourth-order valence-corrected chi connectivity index (χ4v) is 3.77. The Bertz CT molecular complexity index is 1100. The predicted molar refractivity (Wildman–Crippen MR) is 108 cm³/mol.